The summed E-state index contributed by atoms with van der Waals surface area (Å²) in [6.45, 7) is 9.15. The van der Waals surface area contributed by atoms with Gasteiger partial charge in [0.25, 0.3) is 0 Å². The Bertz CT molecular complexity index is 438. The molecule has 0 atom stereocenters. The van der Waals surface area contributed by atoms with E-state index in [0.717, 1.165) is 24.5 Å². The Morgan fingerprint density at radius 1 is 1.21 bits per heavy atom. The van der Waals surface area contributed by atoms with Gasteiger partial charge in [-0.1, -0.05) is 18.8 Å². The molecular formula is C15H22N2OS. The lowest BCUT2D eigenvalue weighted by Crippen LogP contribution is -2.45. The highest BCUT2D eigenvalue weighted by molar-refractivity contribution is 7.12. The highest BCUT2D eigenvalue weighted by Crippen LogP contribution is 2.18. The Labute approximate surface area is 119 Å². The van der Waals surface area contributed by atoms with Crippen LogP contribution in [-0.2, 0) is 6.54 Å². The van der Waals surface area contributed by atoms with Crippen molar-refractivity contribution in [1.29, 1.82) is 0 Å². The van der Waals surface area contributed by atoms with Gasteiger partial charge in [0.1, 0.15) is 6.61 Å². The zero-order valence-corrected chi connectivity index (χ0v) is 12.4. The van der Waals surface area contributed by atoms with Crippen molar-refractivity contribution < 1.29 is 5.11 Å². The van der Waals surface area contributed by atoms with E-state index >= 15 is 0 Å². The lowest BCUT2D eigenvalue weighted by Gasteiger charge is -2.34. The van der Waals surface area contributed by atoms with Crippen LogP contribution in [0.25, 0.3) is 0 Å². The summed E-state index contributed by atoms with van der Waals surface area (Å²) < 4.78 is 0. The maximum atomic E-state index is 8.68. The molecule has 0 saturated carbocycles. The fourth-order valence-corrected chi connectivity index (χ4v) is 3.29. The fraction of sp³-hybridized carbons (Fsp3) is 0.600. The molecule has 1 fully saturated rings. The second-order valence-electron chi connectivity index (χ2n) is 4.84. The standard InChI is InChI=1S/C15H22N2OS/c1-2-7-16-8-10-17(11-9-16)13-15-6-5-14(19-15)4-3-12-18/h5-6,18H,2,7-13H2,1H3. The zero-order chi connectivity index (χ0) is 13.5. The molecule has 0 unspecified atom stereocenters. The molecule has 1 aliphatic heterocycles. The van der Waals surface area contributed by atoms with Gasteiger partial charge in [-0.25, -0.2) is 0 Å². The van der Waals surface area contributed by atoms with E-state index in [0.29, 0.717) is 0 Å². The van der Waals surface area contributed by atoms with E-state index in [1.165, 1.54) is 30.9 Å². The van der Waals surface area contributed by atoms with Crippen LogP contribution in [0.2, 0.25) is 0 Å². The lowest BCUT2D eigenvalue weighted by atomic mass is 10.3. The fourth-order valence-electron chi connectivity index (χ4n) is 2.36. The van der Waals surface area contributed by atoms with Crippen LogP contribution in [0.5, 0.6) is 0 Å². The highest BCUT2D eigenvalue weighted by Gasteiger charge is 2.16. The van der Waals surface area contributed by atoms with E-state index in [-0.39, 0.29) is 6.61 Å². The lowest BCUT2D eigenvalue weighted by molar-refractivity contribution is 0.128. The van der Waals surface area contributed by atoms with Crippen molar-refractivity contribution >= 4 is 11.3 Å². The van der Waals surface area contributed by atoms with E-state index < -0.39 is 0 Å². The first-order chi connectivity index (χ1) is 9.31. The molecule has 19 heavy (non-hydrogen) atoms. The monoisotopic (exact) mass is 278 g/mol. The number of rotatable bonds is 4. The van der Waals surface area contributed by atoms with Crippen molar-refractivity contribution in [2.45, 2.75) is 19.9 Å². The Balaban J connectivity index is 1.80. The topological polar surface area (TPSA) is 26.7 Å². The van der Waals surface area contributed by atoms with Crippen LogP contribution >= 0.6 is 11.3 Å². The number of thiophene rings is 1. The van der Waals surface area contributed by atoms with E-state index in [1.807, 2.05) is 0 Å². The molecule has 1 aromatic rings. The molecule has 2 heterocycles. The summed E-state index contributed by atoms with van der Waals surface area (Å²) in [7, 11) is 0. The Kier molecular flexibility index (Phi) is 5.87. The van der Waals surface area contributed by atoms with E-state index in [2.05, 4.69) is 40.7 Å². The molecule has 0 radical (unpaired) electrons. The molecule has 1 saturated heterocycles. The molecule has 4 heteroatoms. The molecule has 1 N–H and O–H groups in total. The first-order valence-corrected chi connectivity index (χ1v) is 7.76. The van der Waals surface area contributed by atoms with Gasteiger partial charge in [-0.15, -0.1) is 11.3 Å². The Hall–Kier alpha value is -0.860. The third-order valence-electron chi connectivity index (χ3n) is 3.34. The minimum absolute atomic E-state index is 0.0629. The van der Waals surface area contributed by atoms with Crippen LogP contribution < -0.4 is 0 Å². The smallest absolute Gasteiger partial charge is 0.104 e. The number of nitrogens with zero attached hydrogens (tertiary/aromatic N) is 2. The predicted octanol–water partition coefficient (Wildman–Crippen LogP) is 1.62. The number of aliphatic hydroxyl groups excluding tert-OH is 1. The minimum atomic E-state index is -0.0629. The van der Waals surface area contributed by atoms with Crippen molar-refractivity contribution in [2.24, 2.45) is 0 Å². The van der Waals surface area contributed by atoms with E-state index in [4.69, 9.17) is 5.11 Å². The average Bonchev–Trinajstić information content (AvgIpc) is 2.87. The predicted molar refractivity (Wildman–Crippen MR) is 80.3 cm³/mol. The maximum absolute atomic E-state index is 8.68. The molecular weight excluding hydrogens is 256 g/mol. The second-order valence-corrected chi connectivity index (χ2v) is 6.01. The normalized spacial score (nSPS) is 17.2. The number of hydrogen-bond acceptors (Lipinski definition) is 4. The highest BCUT2D eigenvalue weighted by atomic mass is 32.1. The van der Waals surface area contributed by atoms with Crippen molar-refractivity contribution in [3.05, 3.63) is 21.9 Å². The number of piperazine rings is 1. The summed E-state index contributed by atoms with van der Waals surface area (Å²) >= 11 is 1.74. The molecule has 3 nitrogen and oxygen atoms in total. The van der Waals surface area contributed by atoms with Gasteiger partial charge in [-0.3, -0.25) is 4.90 Å². The van der Waals surface area contributed by atoms with Crippen molar-refractivity contribution in [1.82, 2.24) is 9.80 Å². The summed E-state index contributed by atoms with van der Waals surface area (Å²) in [5.74, 6) is 5.66. The number of aliphatic hydroxyl groups is 1. The van der Waals surface area contributed by atoms with Gasteiger partial charge in [0.05, 0.1) is 4.88 Å². The van der Waals surface area contributed by atoms with E-state index in [9.17, 15) is 0 Å². The van der Waals surface area contributed by atoms with Crippen LogP contribution in [0.1, 0.15) is 23.1 Å². The third-order valence-corrected chi connectivity index (χ3v) is 4.32. The van der Waals surface area contributed by atoms with Crippen LogP contribution in [0.15, 0.2) is 12.1 Å². The van der Waals surface area contributed by atoms with Crippen molar-refractivity contribution in [3.8, 4) is 11.8 Å². The molecule has 0 spiro atoms. The van der Waals surface area contributed by atoms with Gasteiger partial charge < -0.3 is 10.0 Å². The van der Waals surface area contributed by atoms with E-state index in [1.54, 1.807) is 11.3 Å². The molecule has 1 aliphatic rings. The first kappa shape index (κ1) is 14.5. The van der Waals surface area contributed by atoms with Gasteiger partial charge in [-0.05, 0) is 25.1 Å². The SMILES string of the molecule is CCCN1CCN(Cc2ccc(C#CCO)s2)CC1. The largest absolute Gasteiger partial charge is 0.384 e. The molecule has 0 aliphatic carbocycles. The number of hydrogen-bond donors (Lipinski definition) is 1. The summed E-state index contributed by atoms with van der Waals surface area (Å²) in [6, 6.07) is 4.21. The molecule has 0 bridgehead atoms. The second kappa shape index (κ2) is 7.66. The van der Waals surface area contributed by atoms with Crippen molar-refractivity contribution in [2.75, 3.05) is 39.3 Å². The van der Waals surface area contributed by atoms with Gasteiger partial charge in [-0.2, -0.15) is 0 Å². The zero-order valence-electron chi connectivity index (χ0n) is 11.6. The Morgan fingerprint density at radius 3 is 2.63 bits per heavy atom. The van der Waals surface area contributed by atoms with Gasteiger partial charge >= 0.3 is 0 Å². The quantitative estimate of drug-likeness (QED) is 0.848. The summed E-state index contributed by atoms with van der Waals surface area (Å²) in [6.07, 6.45) is 1.25. The molecule has 0 amide bonds. The van der Waals surface area contributed by atoms with Gasteiger partial charge in [0.2, 0.25) is 0 Å². The van der Waals surface area contributed by atoms with Gasteiger partial charge in [0, 0.05) is 37.6 Å². The Morgan fingerprint density at radius 2 is 1.95 bits per heavy atom. The summed E-state index contributed by atoms with van der Waals surface area (Å²) in [5.41, 5.74) is 0. The molecule has 0 aromatic carbocycles. The van der Waals surface area contributed by atoms with Crippen LogP contribution in [0.3, 0.4) is 0 Å². The average molecular weight is 278 g/mol. The molecule has 104 valence electrons. The maximum Gasteiger partial charge on any atom is 0.104 e. The molecule has 2 rings (SSSR count). The van der Waals surface area contributed by atoms with Crippen molar-refractivity contribution in [3.63, 3.8) is 0 Å². The third kappa shape index (κ3) is 4.63. The summed E-state index contributed by atoms with van der Waals surface area (Å²) in [4.78, 5) is 7.48. The minimum Gasteiger partial charge on any atom is -0.384 e. The van der Waals surface area contributed by atoms with Crippen LogP contribution in [0.4, 0.5) is 0 Å². The molecule has 1 aromatic heterocycles. The van der Waals surface area contributed by atoms with Gasteiger partial charge in [0.15, 0.2) is 0 Å². The van der Waals surface area contributed by atoms with Crippen LogP contribution in [0, 0.1) is 11.8 Å². The first-order valence-electron chi connectivity index (χ1n) is 6.95. The summed E-state index contributed by atoms with van der Waals surface area (Å²) in [5, 5.41) is 8.68. The van der Waals surface area contributed by atoms with Crippen LogP contribution in [-0.4, -0.2) is 54.2 Å².